The standard InChI is InChI=1S/C21H17FN2O3/c1-27-15-8-6-7-14(13-15)23-21(26)17-10-3-5-12-19(17)24-20(25)16-9-2-4-11-18(16)22/h2-13H,1H3,(H,23,26)(H,24,25). The highest BCUT2D eigenvalue weighted by Gasteiger charge is 2.16. The molecular formula is C21H17FN2O3. The Balaban J connectivity index is 1.82. The van der Waals surface area contributed by atoms with Gasteiger partial charge in [-0.05, 0) is 36.4 Å². The lowest BCUT2D eigenvalue weighted by Crippen LogP contribution is -2.19. The van der Waals surface area contributed by atoms with Crippen molar-refractivity contribution in [1.29, 1.82) is 0 Å². The zero-order valence-electron chi connectivity index (χ0n) is 14.5. The number of hydrogen-bond donors (Lipinski definition) is 2. The first-order valence-electron chi connectivity index (χ1n) is 8.19. The number of ether oxygens (including phenoxy) is 1. The molecule has 0 bridgehead atoms. The predicted molar refractivity (Wildman–Crippen MR) is 102 cm³/mol. The molecule has 0 fully saturated rings. The Morgan fingerprint density at radius 1 is 0.815 bits per heavy atom. The summed E-state index contributed by atoms with van der Waals surface area (Å²) in [5.41, 5.74) is 0.992. The van der Waals surface area contributed by atoms with Crippen molar-refractivity contribution in [3.8, 4) is 5.75 Å². The minimum Gasteiger partial charge on any atom is -0.497 e. The first-order valence-corrected chi connectivity index (χ1v) is 8.19. The first-order chi connectivity index (χ1) is 13.1. The normalized spacial score (nSPS) is 10.1. The molecule has 0 spiro atoms. The van der Waals surface area contributed by atoms with Crippen LogP contribution in [-0.4, -0.2) is 18.9 Å². The van der Waals surface area contributed by atoms with E-state index in [-0.39, 0.29) is 16.8 Å². The average Bonchev–Trinajstić information content (AvgIpc) is 2.68. The number of methoxy groups -OCH3 is 1. The van der Waals surface area contributed by atoms with E-state index in [9.17, 15) is 14.0 Å². The molecule has 5 nitrogen and oxygen atoms in total. The Labute approximate surface area is 155 Å². The first kappa shape index (κ1) is 18.1. The molecule has 3 aromatic rings. The van der Waals surface area contributed by atoms with Gasteiger partial charge in [-0.3, -0.25) is 9.59 Å². The lowest BCUT2D eigenvalue weighted by Gasteiger charge is -2.12. The van der Waals surface area contributed by atoms with E-state index >= 15 is 0 Å². The fourth-order valence-electron chi connectivity index (χ4n) is 2.52. The van der Waals surface area contributed by atoms with Crippen LogP contribution in [0.1, 0.15) is 20.7 Å². The number of nitrogens with one attached hydrogen (secondary N) is 2. The number of carbonyl (C=O) groups is 2. The minimum absolute atomic E-state index is 0.0968. The van der Waals surface area contributed by atoms with Crippen molar-refractivity contribution < 1.29 is 18.7 Å². The molecule has 0 saturated carbocycles. The summed E-state index contributed by atoms with van der Waals surface area (Å²) in [5.74, 6) is -1.07. The molecule has 0 aliphatic carbocycles. The monoisotopic (exact) mass is 364 g/mol. The highest BCUT2D eigenvalue weighted by Crippen LogP contribution is 2.21. The van der Waals surface area contributed by atoms with E-state index in [0.29, 0.717) is 11.4 Å². The molecular weight excluding hydrogens is 347 g/mol. The van der Waals surface area contributed by atoms with Crippen molar-refractivity contribution in [1.82, 2.24) is 0 Å². The van der Waals surface area contributed by atoms with Crippen molar-refractivity contribution in [3.05, 3.63) is 89.7 Å². The number of para-hydroxylation sites is 1. The molecule has 3 aromatic carbocycles. The van der Waals surface area contributed by atoms with Crippen LogP contribution in [0.2, 0.25) is 0 Å². The zero-order valence-corrected chi connectivity index (χ0v) is 14.5. The van der Waals surface area contributed by atoms with Crippen molar-refractivity contribution in [2.45, 2.75) is 0 Å². The number of carbonyl (C=O) groups excluding carboxylic acids is 2. The van der Waals surface area contributed by atoms with Crippen LogP contribution in [0.25, 0.3) is 0 Å². The maximum Gasteiger partial charge on any atom is 0.258 e. The summed E-state index contributed by atoms with van der Waals surface area (Å²) in [6, 6.07) is 19.1. The Kier molecular flexibility index (Phi) is 5.47. The molecule has 2 amide bonds. The summed E-state index contributed by atoms with van der Waals surface area (Å²) in [4.78, 5) is 25.0. The van der Waals surface area contributed by atoms with Gasteiger partial charge in [-0.1, -0.05) is 30.3 Å². The van der Waals surface area contributed by atoms with Gasteiger partial charge in [-0.2, -0.15) is 0 Å². The van der Waals surface area contributed by atoms with E-state index in [2.05, 4.69) is 10.6 Å². The molecule has 0 aliphatic heterocycles. The minimum atomic E-state index is -0.631. The summed E-state index contributed by atoms with van der Waals surface area (Å²) in [6.07, 6.45) is 0. The molecule has 0 unspecified atom stereocenters. The predicted octanol–water partition coefficient (Wildman–Crippen LogP) is 4.34. The maximum atomic E-state index is 13.8. The molecule has 0 aromatic heterocycles. The Hall–Kier alpha value is -3.67. The van der Waals surface area contributed by atoms with E-state index < -0.39 is 17.6 Å². The van der Waals surface area contributed by atoms with Crippen LogP contribution >= 0.6 is 0 Å². The summed E-state index contributed by atoms with van der Waals surface area (Å²) in [7, 11) is 1.54. The van der Waals surface area contributed by atoms with Gasteiger partial charge in [0.25, 0.3) is 11.8 Å². The summed E-state index contributed by atoms with van der Waals surface area (Å²) in [5, 5.41) is 5.35. The molecule has 27 heavy (non-hydrogen) atoms. The van der Waals surface area contributed by atoms with E-state index in [1.165, 1.54) is 25.3 Å². The molecule has 3 rings (SSSR count). The van der Waals surface area contributed by atoms with E-state index in [4.69, 9.17) is 4.74 Å². The molecule has 0 aliphatic rings. The summed E-state index contributed by atoms with van der Waals surface area (Å²) in [6.45, 7) is 0. The van der Waals surface area contributed by atoms with Gasteiger partial charge in [0, 0.05) is 11.8 Å². The molecule has 6 heteroatoms. The lowest BCUT2D eigenvalue weighted by atomic mass is 10.1. The second-order valence-electron chi connectivity index (χ2n) is 5.67. The molecule has 0 radical (unpaired) electrons. The van der Waals surface area contributed by atoms with E-state index in [0.717, 1.165) is 0 Å². The van der Waals surface area contributed by atoms with Gasteiger partial charge in [-0.15, -0.1) is 0 Å². The number of benzene rings is 3. The van der Waals surface area contributed by atoms with Crippen molar-refractivity contribution in [3.63, 3.8) is 0 Å². The number of hydrogen-bond acceptors (Lipinski definition) is 3. The van der Waals surface area contributed by atoms with Gasteiger partial charge in [0.05, 0.1) is 23.9 Å². The fraction of sp³-hybridized carbons (Fsp3) is 0.0476. The van der Waals surface area contributed by atoms with Gasteiger partial charge in [0.15, 0.2) is 0 Å². The average molecular weight is 364 g/mol. The largest absolute Gasteiger partial charge is 0.497 e. The van der Waals surface area contributed by atoms with Gasteiger partial charge in [0.2, 0.25) is 0 Å². The van der Waals surface area contributed by atoms with Crippen LogP contribution < -0.4 is 15.4 Å². The second-order valence-corrected chi connectivity index (χ2v) is 5.67. The Bertz CT molecular complexity index is 988. The Morgan fingerprint density at radius 2 is 1.48 bits per heavy atom. The van der Waals surface area contributed by atoms with Gasteiger partial charge >= 0.3 is 0 Å². The van der Waals surface area contributed by atoms with Crippen LogP contribution in [0.5, 0.6) is 5.75 Å². The van der Waals surface area contributed by atoms with Gasteiger partial charge in [-0.25, -0.2) is 4.39 Å². The van der Waals surface area contributed by atoms with Crippen LogP contribution in [0.3, 0.4) is 0 Å². The molecule has 0 atom stereocenters. The van der Waals surface area contributed by atoms with Crippen LogP contribution in [0.4, 0.5) is 15.8 Å². The highest BCUT2D eigenvalue weighted by atomic mass is 19.1. The Morgan fingerprint density at radius 3 is 2.22 bits per heavy atom. The van der Waals surface area contributed by atoms with Crippen LogP contribution in [0.15, 0.2) is 72.8 Å². The van der Waals surface area contributed by atoms with Crippen molar-refractivity contribution in [2.24, 2.45) is 0 Å². The number of amides is 2. The summed E-state index contributed by atoms with van der Waals surface area (Å²) < 4.78 is 18.9. The number of anilines is 2. The third-order valence-electron chi connectivity index (χ3n) is 3.87. The quantitative estimate of drug-likeness (QED) is 0.708. The van der Waals surface area contributed by atoms with E-state index in [1.807, 2.05) is 0 Å². The molecule has 2 N–H and O–H groups in total. The van der Waals surface area contributed by atoms with Gasteiger partial charge in [0.1, 0.15) is 11.6 Å². The second kappa shape index (κ2) is 8.14. The van der Waals surface area contributed by atoms with E-state index in [1.54, 1.807) is 54.6 Å². The molecule has 0 heterocycles. The maximum absolute atomic E-state index is 13.8. The summed E-state index contributed by atoms with van der Waals surface area (Å²) >= 11 is 0. The molecule has 0 saturated heterocycles. The SMILES string of the molecule is COc1cccc(NC(=O)c2ccccc2NC(=O)c2ccccc2F)c1. The highest BCUT2D eigenvalue weighted by molar-refractivity contribution is 6.12. The fourth-order valence-corrected chi connectivity index (χ4v) is 2.52. The zero-order chi connectivity index (χ0) is 19.2. The van der Waals surface area contributed by atoms with Crippen LogP contribution in [0, 0.1) is 5.82 Å². The van der Waals surface area contributed by atoms with Crippen molar-refractivity contribution >= 4 is 23.2 Å². The number of rotatable bonds is 5. The smallest absolute Gasteiger partial charge is 0.258 e. The third kappa shape index (κ3) is 4.30. The third-order valence-corrected chi connectivity index (χ3v) is 3.87. The van der Waals surface area contributed by atoms with Crippen molar-refractivity contribution in [2.75, 3.05) is 17.7 Å². The lowest BCUT2D eigenvalue weighted by molar-refractivity contribution is 0.102. The topological polar surface area (TPSA) is 67.4 Å². The van der Waals surface area contributed by atoms with Crippen LogP contribution in [-0.2, 0) is 0 Å². The van der Waals surface area contributed by atoms with Gasteiger partial charge < -0.3 is 15.4 Å². The molecule has 136 valence electrons. The number of halogens is 1.